The Morgan fingerprint density at radius 1 is 1.05 bits per heavy atom. The van der Waals surface area contributed by atoms with Gasteiger partial charge in [0.1, 0.15) is 17.8 Å². The maximum atomic E-state index is 12.8. The van der Waals surface area contributed by atoms with Gasteiger partial charge in [0.2, 0.25) is 5.89 Å². The predicted octanol–water partition coefficient (Wildman–Crippen LogP) is 4.51. The highest BCUT2D eigenvalue weighted by atomic mass is 32.2. The summed E-state index contributed by atoms with van der Waals surface area (Å²) in [5.41, 5.74) is 1.63. The van der Waals surface area contributed by atoms with E-state index < -0.39 is 0 Å². The van der Waals surface area contributed by atoms with Crippen LogP contribution in [-0.4, -0.2) is 4.98 Å². The molecule has 2 heterocycles. The quantitative estimate of drug-likeness (QED) is 0.693. The average molecular weight is 289 g/mol. The van der Waals surface area contributed by atoms with Crippen LogP contribution in [0.5, 0.6) is 0 Å². The van der Waals surface area contributed by atoms with Crippen LogP contribution in [-0.2, 0) is 11.5 Å². The van der Waals surface area contributed by atoms with Crippen LogP contribution < -0.4 is 0 Å². The first-order valence-corrected chi connectivity index (χ1v) is 7.27. The van der Waals surface area contributed by atoms with Crippen molar-refractivity contribution in [3.8, 4) is 11.5 Å². The maximum Gasteiger partial charge on any atom is 0.226 e. The summed E-state index contributed by atoms with van der Waals surface area (Å²) in [4.78, 5) is 4.39. The Labute approximate surface area is 119 Å². The molecule has 0 aliphatic heterocycles. The summed E-state index contributed by atoms with van der Waals surface area (Å²) in [7, 11) is 0. The molecule has 0 bridgehead atoms. The number of rotatable bonds is 5. The largest absolute Gasteiger partial charge is 0.468 e. The summed E-state index contributed by atoms with van der Waals surface area (Å²) >= 11 is 1.70. The number of aromatic nitrogens is 1. The van der Waals surface area contributed by atoms with Crippen LogP contribution in [0.2, 0.25) is 0 Å². The number of oxazole rings is 1. The van der Waals surface area contributed by atoms with Gasteiger partial charge in [-0.15, -0.1) is 11.8 Å². The molecule has 0 spiro atoms. The minimum absolute atomic E-state index is 0.269. The molecule has 102 valence electrons. The van der Waals surface area contributed by atoms with Crippen LogP contribution in [0.15, 0.2) is 57.8 Å². The first-order chi connectivity index (χ1) is 9.81. The number of hydrogen-bond acceptors (Lipinski definition) is 4. The van der Waals surface area contributed by atoms with Crippen molar-refractivity contribution in [1.82, 2.24) is 4.98 Å². The molecule has 0 atom stereocenters. The highest BCUT2D eigenvalue weighted by Crippen LogP contribution is 2.22. The van der Waals surface area contributed by atoms with Gasteiger partial charge in [-0.3, -0.25) is 0 Å². The molecule has 0 unspecified atom stereocenters. The third kappa shape index (κ3) is 3.11. The Bertz CT molecular complexity index is 662. The van der Waals surface area contributed by atoms with Gasteiger partial charge in [0, 0.05) is 11.3 Å². The normalized spacial score (nSPS) is 10.8. The van der Waals surface area contributed by atoms with Gasteiger partial charge in [0.25, 0.3) is 0 Å². The number of halogens is 1. The molecule has 20 heavy (non-hydrogen) atoms. The predicted molar refractivity (Wildman–Crippen MR) is 75.6 cm³/mol. The molecule has 0 saturated carbocycles. The fourth-order valence-corrected chi connectivity index (χ4v) is 2.56. The summed E-state index contributed by atoms with van der Waals surface area (Å²) in [6, 6.07) is 9.91. The molecule has 0 radical (unpaired) electrons. The Morgan fingerprint density at radius 3 is 2.65 bits per heavy atom. The lowest BCUT2D eigenvalue weighted by Gasteiger charge is -1.95. The minimum atomic E-state index is -0.269. The van der Waals surface area contributed by atoms with Crippen molar-refractivity contribution in [2.75, 3.05) is 0 Å². The molecular weight excluding hydrogens is 277 g/mol. The number of furan rings is 1. The van der Waals surface area contributed by atoms with Crippen molar-refractivity contribution in [2.45, 2.75) is 11.5 Å². The van der Waals surface area contributed by atoms with Crippen molar-refractivity contribution >= 4 is 11.8 Å². The molecule has 0 fully saturated rings. The number of thioether (sulfide) groups is 1. The summed E-state index contributed by atoms with van der Waals surface area (Å²) in [5.74, 6) is 2.72. The van der Waals surface area contributed by atoms with Crippen LogP contribution in [0.25, 0.3) is 11.5 Å². The van der Waals surface area contributed by atoms with Crippen molar-refractivity contribution in [3.05, 3.63) is 66.2 Å². The number of hydrogen-bond donors (Lipinski definition) is 0. The molecule has 0 N–H and O–H groups in total. The van der Waals surface area contributed by atoms with E-state index in [4.69, 9.17) is 8.83 Å². The molecule has 0 aliphatic carbocycles. The highest BCUT2D eigenvalue weighted by Gasteiger charge is 2.07. The molecule has 1 aromatic carbocycles. The smallest absolute Gasteiger partial charge is 0.226 e. The van der Waals surface area contributed by atoms with Gasteiger partial charge in [-0.2, -0.15) is 0 Å². The second-order valence-corrected chi connectivity index (χ2v) is 5.21. The molecule has 0 saturated heterocycles. The zero-order valence-electron chi connectivity index (χ0n) is 10.6. The summed E-state index contributed by atoms with van der Waals surface area (Å²) < 4.78 is 23.5. The van der Waals surface area contributed by atoms with Gasteiger partial charge in [-0.05, 0) is 36.4 Å². The Balaban J connectivity index is 1.60. The zero-order chi connectivity index (χ0) is 13.8. The van der Waals surface area contributed by atoms with Gasteiger partial charge in [0.05, 0.1) is 17.7 Å². The molecule has 0 amide bonds. The molecule has 3 rings (SSSR count). The van der Waals surface area contributed by atoms with Crippen LogP contribution >= 0.6 is 11.8 Å². The first kappa shape index (κ1) is 13.0. The molecular formula is C15H12FNO2S. The molecule has 3 nitrogen and oxygen atoms in total. The SMILES string of the molecule is Fc1ccc(-c2nc(CSCc3ccco3)co2)cc1. The second kappa shape index (κ2) is 5.96. The number of benzene rings is 1. The van der Waals surface area contributed by atoms with E-state index in [0.717, 1.165) is 28.5 Å². The molecule has 5 heteroatoms. The Kier molecular flexibility index (Phi) is 3.87. The lowest BCUT2D eigenvalue weighted by molar-refractivity contribution is 0.530. The van der Waals surface area contributed by atoms with E-state index in [2.05, 4.69) is 4.98 Å². The standard InChI is InChI=1S/C15H12FNO2S/c16-12-5-3-11(4-6-12)15-17-13(8-19-15)9-20-10-14-2-1-7-18-14/h1-8H,9-10H2. The van der Waals surface area contributed by atoms with E-state index in [0.29, 0.717) is 5.89 Å². The molecule has 2 aromatic heterocycles. The lowest BCUT2D eigenvalue weighted by Crippen LogP contribution is -1.83. The monoisotopic (exact) mass is 289 g/mol. The van der Waals surface area contributed by atoms with Gasteiger partial charge in [0.15, 0.2) is 0 Å². The van der Waals surface area contributed by atoms with Gasteiger partial charge in [-0.25, -0.2) is 9.37 Å². The van der Waals surface area contributed by atoms with Crippen LogP contribution in [0.4, 0.5) is 4.39 Å². The van der Waals surface area contributed by atoms with Gasteiger partial charge in [-0.1, -0.05) is 0 Å². The van der Waals surface area contributed by atoms with Crippen LogP contribution in [0, 0.1) is 5.82 Å². The van der Waals surface area contributed by atoms with Gasteiger partial charge >= 0.3 is 0 Å². The van der Waals surface area contributed by atoms with Crippen molar-refractivity contribution in [2.24, 2.45) is 0 Å². The maximum absolute atomic E-state index is 12.8. The zero-order valence-corrected chi connectivity index (χ0v) is 11.4. The minimum Gasteiger partial charge on any atom is -0.468 e. The van der Waals surface area contributed by atoms with E-state index in [1.165, 1.54) is 12.1 Å². The summed E-state index contributed by atoms with van der Waals surface area (Å²) in [6.45, 7) is 0. The Morgan fingerprint density at radius 2 is 1.90 bits per heavy atom. The highest BCUT2D eigenvalue weighted by molar-refractivity contribution is 7.97. The molecule has 3 aromatic rings. The summed E-state index contributed by atoms with van der Waals surface area (Å²) in [5, 5.41) is 0. The third-order valence-corrected chi connectivity index (χ3v) is 3.71. The summed E-state index contributed by atoms with van der Waals surface area (Å²) in [6.07, 6.45) is 3.30. The van der Waals surface area contributed by atoms with E-state index in [1.807, 2.05) is 12.1 Å². The average Bonchev–Trinajstić information content (AvgIpc) is 3.11. The van der Waals surface area contributed by atoms with Crippen molar-refractivity contribution < 1.29 is 13.2 Å². The van der Waals surface area contributed by atoms with E-state index in [-0.39, 0.29) is 5.82 Å². The second-order valence-electron chi connectivity index (χ2n) is 4.22. The van der Waals surface area contributed by atoms with Crippen molar-refractivity contribution in [3.63, 3.8) is 0 Å². The fraction of sp³-hybridized carbons (Fsp3) is 0.133. The van der Waals surface area contributed by atoms with Crippen LogP contribution in [0.3, 0.4) is 0 Å². The Hall–Kier alpha value is -2.01. The van der Waals surface area contributed by atoms with Crippen LogP contribution in [0.1, 0.15) is 11.5 Å². The fourth-order valence-electron chi connectivity index (χ4n) is 1.75. The first-order valence-electron chi connectivity index (χ1n) is 6.12. The number of nitrogens with zero attached hydrogens (tertiary/aromatic N) is 1. The van der Waals surface area contributed by atoms with E-state index in [9.17, 15) is 4.39 Å². The van der Waals surface area contributed by atoms with E-state index in [1.54, 1.807) is 36.4 Å². The van der Waals surface area contributed by atoms with E-state index >= 15 is 0 Å². The third-order valence-electron chi connectivity index (χ3n) is 2.72. The van der Waals surface area contributed by atoms with Gasteiger partial charge < -0.3 is 8.83 Å². The lowest BCUT2D eigenvalue weighted by atomic mass is 10.2. The molecule has 0 aliphatic rings. The van der Waals surface area contributed by atoms with Crippen molar-refractivity contribution in [1.29, 1.82) is 0 Å². The topological polar surface area (TPSA) is 39.2 Å².